The molecule has 1 amide bonds. The summed E-state index contributed by atoms with van der Waals surface area (Å²) in [4.78, 5) is 24.3. The van der Waals surface area contributed by atoms with Crippen LogP contribution in [0.25, 0.3) is 5.65 Å². The SMILES string of the molecule is O=C(Cn1nc2ccccn2c1=O)NCCc1cc(Cl)c2c(c1)OCCO2. The van der Waals surface area contributed by atoms with Gasteiger partial charge in [0.05, 0.1) is 5.02 Å². The number of nitrogens with zero attached hydrogens (tertiary/aromatic N) is 3. The Balaban J connectivity index is 1.36. The Kier molecular flexibility index (Phi) is 4.72. The van der Waals surface area contributed by atoms with E-state index in [1.54, 1.807) is 30.5 Å². The second-order valence-electron chi connectivity index (χ2n) is 6.07. The van der Waals surface area contributed by atoms with E-state index in [0.29, 0.717) is 48.3 Å². The highest BCUT2D eigenvalue weighted by molar-refractivity contribution is 6.32. The maximum atomic E-state index is 12.2. The van der Waals surface area contributed by atoms with Crippen LogP contribution in [0.2, 0.25) is 5.02 Å². The summed E-state index contributed by atoms with van der Waals surface area (Å²) in [5, 5.41) is 7.41. The topological polar surface area (TPSA) is 86.9 Å². The molecule has 140 valence electrons. The van der Waals surface area contributed by atoms with Gasteiger partial charge in [-0.2, -0.15) is 0 Å². The lowest BCUT2D eigenvalue weighted by molar-refractivity contribution is -0.121. The molecule has 0 aliphatic carbocycles. The van der Waals surface area contributed by atoms with E-state index in [0.717, 1.165) is 10.2 Å². The van der Waals surface area contributed by atoms with Gasteiger partial charge in [-0.05, 0) is 36.2 Å². The number of halogens is 1. The highest BCUT2D eigenvalue weighted by Crippen LogP contribution is 2.38. The first-order valence-corrected chi connectivity index (χ1v) is 8.88. The Hall–Kier alpha value is -3.00. The van der Waals surface area contributed by atoms with Gasteiger partial charge in [-0.25, -0.2) is 9.48 Å². The van der Waals surface area contributed by atoms with Gasteiger partial charge >= 0.3 is 5.69 Å². The van der Waals surface area contributed by atoms with Crippen LogP contribution in [0, 0.1) is 0 Å². The summed E-state index contributed by atoms with van der Waals surface area (Å²) in [5.41, 5.74) is 1.08. The molecule has 0 saturated heterocycles. The first-order valence-electron chi connectivity index (χ1n) is 8.51. The first kappa shape index (κ1) is 17.4. The molecule has 2 aromatic heterocycles. The number of carbonyl (C=O) groups excluding carboxylic acids is 1. The summed E-state index contributed by atoms with van der Waals surface area (Å²) < 4.78 is 13.6. The summed E-state index contributed by atoms with van der Waals surface area (Å²) in [6.07, 6.45) is 2.19. The van der Waals surface area contributed by atoms with Crippen molar-refractivity contribution in [3.63, 3.8) is 0 Å². The monoisotopic (exact) mass is 388 g/mol. The zero-order valence-corrected chi connectivity index (χ0v) is 15.1. The molecule has 0 radical (unpaired) electrons. The van der Waals surface area contributed by atoms with Crippen molar-refractivity contribution in [2.45, 2.75) is 13.0 Å². The van der Waals surface area contributed by atoms with E-state index in [2.05, 4.69) is 10.4 Å². The van der Waals surface area contributed by atoms with Crippen LogP contribution in [-0.2, 0) is 17.8 Å². The van der Waals surface area contributed by atoms with Crippen molar-refractivity contribution >= 4 is 23.2 Å². The molecule has 0 bridgehead atoms. The first-order chi connectivity index (χ1) is 13.1. The Bertz CT molecular complexity index is 1060. The fourth-order valence-electron chi connectivity index (χ4n) is 2.92. The number of hydrogen-bond acceptors (Lipinski definition) is 5. The van der Waals surface area contributed by atoms with Crippen LogP contribution in [-0.4, -0.2) is 39.8 Å². The molecule has 1 aliphatic rings. The van der Waals surface area contributed by atoms with Gasteiger partial charge in [0.2, 0.25) is 5.91 Å². The third kappa shape index (κ3) is 3.61. The number of amides is 1. The number of nitrogens with one attached hydrogen (secondary N) is 1. The number of fused-ring (bicyclic) bond motifs is 2. The molecule has 3 aromatic rings. The van der Waals surface area contributed by atoms with Crippen molar-refractivity contribution < 1.29 is 14.3 Å². The number of ether oxygens (including phenoxy) is 2. The van der Waals surface area contributed by atoms with Crippen molar-refractivity contribution in [1.29, 1.82) is 0 Å². The van der Waals surface area contributed by atoms with E-state index in [1.165, 1.54) is 4.40 Å². The van der Waals surface area contributed by atoms with E-state index in [1.807, 2.05) is 6.07 Å². The van der Waals surface area contributed by atoms with Gasteiger partial charge in [0.15, 0.2) is 17.1 Å². The Morgan fingerprint density at radius 1 is 1.26 bits per heavy atom. The molecule has 0 fully saturated rings. The summed E-state index contributed by atoms with van der Waals surface area (Å²) >= 11 is 6.21. The van der Waals surface area contributed by atoms with E-state index in [-0.39, 0.29) is 18.1 Å². The number of benzene rings is 1. The van der Waals surface area contributed by atoms with E-state index in [9.17, 15) is 9.59 Å². The number of hydrogen-bond donors (Lipinski definition) is 1. The van der Waals surface area contributed by atoms with Crippen molar-refractivity contribution in [3.05, 3.63) is 57.6 Å². The summed E-state index contributed by atoms with van der Waals surface area (Å²) in [7, 11) is 0. The Morgan fingerprint density at radius 2 is 2.11 bits per heavy atom. The molecule has 1 N–H and O–H groups in total. The lowest BCUT2D eigenvalue weighted by atomic mass is 10.1. The maximum absolute atomic E-state index is 12.2. The predicted molar refractivity (Wildman–Crippen MR) is 98.6 cm³/mol. The molecule has 8 nitrogen and oxygen atoms in total. The zero-order valence-electron chi connectivity index (χ0n) is 14.4. The number of rotatable bonds is 5. The summed E-state index contributed by atoms with van der Waals surface area (Å²) in [6.45, 7) is 1.22. The third-order valence-corrected chi connectivity index (χ3v) is 4.46. The third-order valence-electron chi connectivity index (χ3n) is 4.17. The van der Waals surface area contributed by atoms with Crippen LogP contribution in [0.15, 0.2) is 41.3 Å². The minimum atomic E-state index is -0.348. The average molecular weight is 389 g/mol. The van der Waals surface area contributed by atoms with Gasteiger partial charge < -0.3 is 14.8 Å². The van der Waals surface area contributed by atoms with Crippen LogP contribution < -0.4 is 20.5 Å². The molecule has 1 aliphatic heterocycles. The van der Waals surface area contributed by atoms with Gasteiger partial charge in [0.1, 0.15) is 19.8 Å². The molecule has 1 aromatic carbocycles. The number of aromatic nitrogens is 3. The lowest BCUT2D eigenvalue weighted by Gasteiger charge is -2.20. The predicted octanol–water partition coefficient (Wildman–Crippen LogP) is 1.28. The zero-order chi connectivity index (χ0) is 18.8. The Morgan fingerprint density at radius 3 is 2.96 bits per heavy atom. The molecule has 4 rings (SSSR count). The molecule has 0 spiro atoms. The highest BCUT2D eigenvalue weighted by Gasteiger charge is 2.16. The summed E-state index contributed by atoms with van der Waals surface area (Å²) in [5.74, 6) is 0.886. The molecule has 9 heteroatoms. The molecular weight excluding hydrogens is 372 g/mol. The van der Waals surface area contributed by atoms with Crippen molar-refractivity contribution in [2.24, 2.45) is 0 Å². The standard InChI is InChI=1S/C18H17ClN4O4/c19-13-9-12(10-14-17(13)27-8-7-26-14)4-5-20-16(24)11-23-18(25)22-6-2-1-3-15(22)21-23/h1-3,6,9-10H,4-5,7-8,11H2,(H,20,24). The minimum Gasteiger partial charge on any atom is -0.486 e. The van der Waals surface area contributed by atoms with Crippen molar-refractivity contribution in [1.82, 2.24) is 19.5 Å². The quantitative estimate of drug-likeness (QED) is 0.711. The molecule has 0 unspecified atom stereocenters. The van der Waals surface area contributed by atoms with E-state index < -0.39 is 0 Å². The molecule has 0 saturated carbocycles. The van der Waals surface area contributed by atoms with Gasteiger partial charge in [0.25, 0.3) is 0 Å². The van der Waals surface area contributed by atoms with Crippen LogP contribution in [0.1, 0.15) is 5.56 Å². The van der Waals surface area contributed by atoms with E-state index in [4.69, 9.17) is 21.1 Å². The van der Waals surface area contributed by atoms with Gasteiger partial charge in [0, 0.05) is 12.7 Å². The van der Waals surface area contributed by atoms with Gasteiger partial charge in [-0.3, -0.25) is 9.20 Å². The van der Waals surface area contributed by atoms with Crippen molar-refractivity contribution in [2.75, 3.05) is 19.8 Å². The highest BCUT2D eigenvalue weighted by atomic mass is 35.5. The smallest absolute Gasteiger partial charge is 0.350 e. The lowest BCUT2D eigenvalue weighted by Crippen LogP contribution is -2.33. The van der Waals surface area contributed by atoms with Crippen LogP contribution in [0.3, 0.4) is 0 Å². The summed E-state index contributed by atoms with van der Waals surface area (Å²) in [6, 6.07) is 8.89. The number of carbonyl (C=O) groups is 1. The fourth-order valence-corrected chi connectivity index (χ4v) is 3.21. The largest absolute Gasteiger partial charge is 0.486 e. The van der Waals surface area contributed by atoms with Crippen LogP contribution >= 0.6 is 11.6 Å². The average Bonchev–Trinajstić information content (AvgIpc) is 2.98. The molecule has 0 atom stereocenters. The van der Waals surface area contributed by atoms with E-state index >= 15 is 0 Å². The van der Waals surface area contributed by atoms with Gasteiger partial charge in [-0.1, -0.05) is 17.7 Å². The second-order valence-corrected chi connectivity index (χ2v) is 6.48. The second kappa shape index (κ2) is 7.32. The molecule has 27 heavy (non-hydrogen) atoms. The van der Waals surface area contributed by atoms with Gasteiger partial charge in [-0.15, -0.1) is 5.10 Å². The van der Waals surface area contributed by atoms with Crippen molar-refractivity contribution in [3.8, 4) is 11.5 Å². The number of pyridine rings is 1. The fraction of sp³-hybridized carbons (Fsp3) is 0.278. The molecular formula is C18H17ClN4O4. The maximum Gasteiger partial charge on any atom is 0.350 e. The Labute approximate surface area is 159 Å². The minimum absolute atomic E-state index is 0.136. The molecule has 3 heterocycles. The van der Waals surface area contributed by atoms with Crippen LogP contribution in [0.5, 0.6) is 11.5 Å². The van der Waals surface area contributed by atoms with Crippen LogP contribution in [0.4, 0.5) is 0 Å². The normalized spacial score (nSPS) is 12.9.